The third-order valence-electron chi connectivity index (χ3n) is 5.26. The number of carbonyl (C=O) groups is 2. The molecule has 30 heavy (non-hydrogen) atoms. The topological polar surface area (TPSA) is 93.2 Å². The number of thioether (sulfide) groups is 1. The predicted octanol–water partition coefficient (Wildman–Crippen LogP) is 3.95. The molecule has 1 saturated heterocycles. The van der Waals surface area contributed by atoms with Gasteiger partial charge >= 0.3 is 0 Å². The van der Waals surface area contributed by atoms with Crippen LogP contribution < -0.4 is 10.6 Å². The Balaban J connectivity index is 1.58. The molecule has 4 rings (SSSR count). The van der Waals surface area contributed by atoms with Crippen molar-refractivity contribution in [2.24, 2.45) is 0 Å². The summed E-state index contributed by atoms with van der Waals surface area (Å²) >= 11 is 8.96. The van der Waals surface area contributed by atoms with Crippen LogP contribution in [0.5, 0.6) is 0 Å². The van der Waals surface area contributed by atoms with Gasteiger partial charge in [-0.3, -0.25) is 9.59 Å². The lowest BCUT2D eigenvalue weighted by molar-refractivity contribution is 0.0858. The van der Waals surface area contributed by atoms with E-state index in [0.717, 1.165) is 55.6 Å². The van der Waals surface area contributed by atoms with E-state index in [1.807, 2.05) is 6.26 Å². The first-order valence-electron chi connectivity index (χ1n) is 9.99. The summed E-state index contributed by atoms with van der Waals surface area (Å²) < 4.78 is 5.61. The predicted molar refractivity (Wildman–Crippen MR) is 119 cm³/mol. The van der Waals surface area contributed by atoms with Crippen molar-refractivity contribution in [2.45, 2.75) is 49.8 Å². The highest BCUT2D eigenvalue weighted by Crippen LogP contribution is 2.38. The molecule has 2 N–H and O–H groups in total. The van der Waals surface area contributed by atoms with Crippen molar-refractivity contribution in [1.82, 2.24) is 15.3 Å². The Hall–Kier alpha value is -1.68. The van der Waals surface area contributed by atoms with Gasteiger partial charge in [0.2, 0.25) is 0 Å². The first-order valence-corrected chi connectivity index (χ1v) is 12.4. The van der Waals surface area contributed by atoms with Crippen LogP contribution in [0.2, 0.25) is 5.02 Å². The minimum atomic E-state index is -0.440. The standard InChI is InChI=1S/C20H23ClN4O3S2/c1-29-20-23-10-13(21)16(24-20)18(27)25-19-15(12-6-2-3-7-14(12)30-19)17(26)22-9-11-5-4-8-28-11/h10-11H,2-9H2,1H3,(H,22,26)(H,25,27)/t11-/m1/s1. The number of carbonyl (C=O) groups excluding carboxylic acids is 2. The number of nitrogens with one attached hydrogen (secondary N) is 2. The van der Waals surface area contributed by atoms with E-state index in [-0.39, 0.29) is 22.7 Å². The van der Waals surface area contributed by atoms with Gasteiger partial charge < -0.3 is 15.4 Å². The summed E-state index contributed by atoms with van der Waals surface area (Å²) in [5, 5.41) is 7.08. The number of aromatic nitrogens is 2. The monoisotopic (exact) mass is 466 g/mol. The van der Waals surface area contributed by atoms with Crippen LogP contribution in [-0.4, -0.2) is 47.3 Å². The molecule has 2 aromatic heterocycles. The maximum absolute atomic E-state index is 13.1. The Morgan fingerprint density at radius 3 is 2.90 bits per heavy atom. The number of rotatable bonds is 6. The van der Waals surface area contributed by atoms with E-state index < -0.39 is 5.91 Å². The number of hydrogen-bond donors (Lipinski definition) is 2. The van der Waals surface area contributed by atoms with Crippen LogP contribution in [-0.2, 0) is 17.6 Å². The van der Waals surface area contributed by atoms with Crippen molar-refractivity contribution in [3.05, 3.63) is 32.9 Å². The minimum Gasteiger partial charge on any atom is -0.376 e. The fraction of sp³-hybridized carbons (Fsp3) is 0.500. The number of nitrogens with zero attached hydrogens (tertiary/aromatic N) is 2. The van der Waals surface area contributed by atoms with E-state index in [9.17, 15) is 9.59 Å². The first-order chi connectivity index (χ1) is 14.6. The minimum absolute atomic E-state index is 0.0613. The number of ether oxygens (including phenoxy) is 1. The average molecular weight is 467 g/mol. The summed E-state index contributed by atoms with van der Waals surface area (Å²) in [6.45, 7) is 1.22. The molecule has 1 aliphatic heterocycles. The molecule has 2 aliphatic rings. The molecule has 7 nitrogen and oxygen atoms in total. The van der Waals surface area contributed by atoms with E-state index in [1.165, 1.54) is 29.3 Å². The number of fused-ring (bicyclic) bond motifs is 1. The van der Waals surface area contributed by atoms with Gasteiger partial charge in [-0.25, -0.2) is 9.97 Å². The van der Waals surface area contributed by atoms with Crippen LogP contribution in [0.1, 0.15) is 57.0 Å². The summed E-state index contributed by atoms with van der Waals surface area (Å²) in [6, 6.07) is 0. The number of hydrogen-bond acceptors (Lipinski definition) is 7. The summed E-state index contributed by atoms with van der Waals surface area (Å²) in [4.78, 5) is 35.5. The van der Waals surface area contributed by atoms with Gasteiger partial charge in [0.1, 0.15) is 5.00 Å². The fourth-order valence-electron chi connectivity index (χ4n) is 3.77. The molecule has 0 spiro atoms. The van der Waals surface area contributed by atoms with Gasteiger partial charge in [0, 0.05) is 18.0 Å². The molecule has 2 aromatic rings. The summed E-state index contributed by atoms with van der Waals surface area (Å²) in [7, 11) is 0. The number of halogens is 1. The van der Waals surface area contributed by atoms with E-state index in [0.29, 0.717) is 22.3 Å². The average Bonchev–Trinajstić information content (AvgIpc) is 3.39. The van der Waals surface area contributed by atoms with Gasteiger partial charge in [0.15, 0.2) is 10.9 Å². The molecule has 0 saturated carbocycles. The molecule has 3 heterocycles. The third kappa shape index (κ3) is 4.64. The maximum atomic E-state index is 13.1. The Morgan fingerprint density at radius 1 is 1.30 bits per heavy atom. The second-order valence-electron chi connectivity index (χ2n) is 7.27. The van der Waals surface area contributed by atoms with Crippen molar-refractivity contribution >= 4 is 51.5 Å². The highest BCUT2D eigenvalue weighted by atomic mass is 35.5. The third-order valence-corrected chi connectivity index (χ3v) is 7.31. The van der Waals surface area contributed by atoms with Gasteiger partial charge in [-0.2, -0.15) is 0 Å². The molecule has 0 unspecified atom stereocenters. The Kier molecular flexibility index (Phi) is 6.92. The van der Waals surface area contributed by atoms with E-state index >= 15 is 0 Å². The number of amides is 2. The van der Waals surface area contributed by atoms with E-state index in [1.54, 1.807) is 0 Å². The molecular weight excluding hydrogens is 444 g/mol. The van der Waals surface area contributed by atoms with Crippen LogP contribution in [0.4, 0.5) is 5.00 Å². The largest absolute Gasteiger partial charge is 0.376 e. The van der Waals surface area contributed by atoms with Gasteiger partial charge in [-0.05, 0) is 50.3 Å². The van der Waals surface area contributed by atoms with Crippen molar-refractivity contribution in [2.75, 3.05) is 24.7 Å². The van der Waals surface area contributed by atoms with Crippen molar-refractivity contribution in [1.29, 1.82) is 0 Å². The molecule has 160 valence electrons. The van der Waals surface area contributed by atoms with Crippen LogP contribution in [0, 0.1) is 0 Å². The Morgan fingerprint density at radius 2 is 2.13 bits per heavy atom. The maximum Gasteiger partial charge on any atom is 0.276 e. The quantitative estimate of drug-likeness (QED) is 0.494. The Bertz CT molecular complexity index is 960. The summed E-state index contributed by atoms with van der Waals surface area (Å²) in [6.07, 6.45) is 9.18. The Labute approximate surface area is 188 Å². The van der Waals surface area contributed by atoms with Crippen LogP contribution in [0.15, 0.2) is 11.4 Å². The zero-order valence-corrected chi connectivity index (χ0v) is 19.0. The van der Waals surface area contributed by atoms with Gasteiger partial charge in [0.25, 0.3) is 11.8 Å². The zero-order chi connectivity index (χ0) is 21.1. The molecular formula is C20H23ClN4O3S2. The van der Waals surface area contributed by atoms with Crippen LogP contribution in [0.3, 0.4) is 0 Å². The van der Waals surface area contributed by atoms with Crippen LogP contribution in [0.25, 0.3) is 0 Å². The van der Waals surface area contributed by atoms with Gasteiger partial charge in [-0.15, -0.1) is 11.3 Å². The molecule has 0 radical (unpaired) electrons. The highest BCUT2D eigenvalue weighted by Gasteiger charge is 2.28. The number of thiophene rings is 1. The normalized spacial score (nSPS) is 18.1. The molecule has 1 atom stereocenters. The molecule has 2 amide bonds. The van der Waals surface area contributed by atoms with E-state index in [2.05, 4.69) is 20.6 Å². The first kappa shape index (κ1) is 21.5. The van der Waals surface area contributed by atoms with Crippen molar-refractivity contribution < 1.29 is 14.3 Å². The lowest BCUT2D eigenvalue weighted by atomic mass is 9.95. The van der Waals surface area contributed by atoms with Crippen molar-refractivity contribution in [3.63, 3.8) is 0 Å². The summed E-state index contributed by atoms with van der Waals surface area (Å²) in [5.41, 5.74) is 1.72. The van der Waals surface area contributed by atoms with E-state index in [4.69, 9.17) is 16.3 Å². The molecule has 1 aliphatic carbocycles. The lowest BCUT2D eigenvalue weighted by Gasteiger charge is -2.15. The smallest absolute Gasteiger partial charge is 0.276 e. The summed E-state index contributed by atoms with van der Waals surface area (Å²) in [5.74, 6) is -0.608. The van der Waals surface area contributed by atoms with Gasteiger partial charge in [-0.1, -0.05) is 23.4 Å². The number of anilines is 1. The second kappa shape index (κ2) is 9.64. The SMILES string of the molecule is CSc1ncc(Cl)c(C(=O)Nc2sc3c(c2C(=O)NC[C@H]2CCCO2)CCCC3)n1. The highest BCUT2D eigenvalue weighted by molar-refractivity contribution is 7.98. The second-order valence-corrected chi connectivity index (χ2v) is 9.55. The zero-order valence-electron chi connectivity index (χ0n) is 16.6. The molecule has 1 fully saturated rings. The van der Waals surface area contributed by atoms with Gasteiger partial charge in [0.05, 0.1) is 22.9 Å². The lowest BCUT2D eigenvalue weighted by Crippen LogP contribution is -2.32. The van der Waals surface area contributed by atoms with Crippen molar-refractivity contribution in [3.8, 4) is 0 Å². The fourth-order valence-corrected chi connectivity index (χ4v) is 5.56. The molecule has 10 heteroatoms. The molecule has 0 aromatic carbocycles. The number of aryl methyl sites for hydroxylation is 1. The molecule has 0 bridgehead atoms. The van der Waals surface area contributed by atoms with Crippen LogP contribution >= 0.6 is 34.7 Å².